The van der Waals surface area contributed by atoms with Crippen molar-refractivity contribution < 1.29 is 4.79 Å². The van der Waals surface area contributed by atoms with Crippen molar-refractivity contribution >= 4 is 29.1 Å². The van der Waals surface area contributed by atoms with Crippen LogP contribution in [-0.2, 0) is 0 Å². The molecule has 6 heteroatoms. The molecule has 0 bridgehead atoms. The third-order valence-electron chi connectivity index (χ3n) is 2.95. The molecule has 18 heavy (non-hydrogen) atoms. The summed E-state index contributed by atoms with van der Waals surface area (Å²) in [6.07, 6.45) is 1.41. The van der Waals surface area contributed by atoms with E-state index < -0.39 is 0 Å². The van der Waals surface area contributed by atoms with Crippen LogP contribution in [0.4, 0.5) is 0 Å². The number of hydrogen-bond acceptors (Lipinski definition) is 3. The van der Waals surface area contributed by atoms with Gasteiger partial charge in [-0.3, -0.25) is 4.79 Å². The van der Waals surface area contributed by atoms with Crippen LogP contribution in [0, 0.1) is 0 Å². The first kappa shape index (κ1) is 15.2. The van der Waals surface area contributed by atoms with E-state index in [4.69, 9.17) is 23.2 Å². The number of carbonyl (C=O) groups excluding carboxylic acids is 1. The van der Waals surface area contributed by atoms with Gasteiger partial charge in [0.15, 0.2) is 0 Å². The van der Waals surface area contributed by atoms with Crippen LogP contribution in [0.2, 0.25) is 10.2 Å². The van der Waals surface area contributed by atoms with E-state index in [0.29, 0.717) is 12.1 Å². The maximum Gasteiger partial charge on any atom is 0.252 e. The van der Waals surface area contributed by atoms with Crippen LogP contribution in [0.3, 0.4) is 0 Å². The lowest BCUT2D eigenvalue weighted by Crippen LogP contribution is -2.48. The van der Waals surface area contributed by atoms with Gasteiger partial charge in [-0.1, -0.05) is 23.2 Å². The van der Waals surface area contributed by atoms with Crippen molar-refractivity contribution in [1.29, 1.82) is 0 Å². The average Bonchev–Trinajstić information content (AvgIpc) is 2.29. The second-order valence-electron chi connectivity index (χ2n) is 4.89. The van der Waals surface area contributed by atoms with Crippen LogP contribution in [0.25, 0.3) is 0 Å². The predicted molar refractivity (Wildman–Crippen MR) is 74.4 cm³/mol. The zero-order chi connectivity index (χ0) is 13.9. The van der Waals surface area contributed by atoms with Gasteiger partial charge in [0.1, 0.15) is 5.15 Å². The molecule has 0 aliphatic heterocycles. The van der Waals surface area contributed by atoms with Crippen molar-refractivity contribution in [2.45, 2.75) is 19.4 Å². The highest BCUT2D eigenvalue weighted by atomic mass is 35.5. The molecule has 1 aromatic heterocycles. The Bertz CT molecular complexity index is 447. The van der Waals surface area contributed by atoms with Gasteiger partial charge >= 0.3 is 0 Å². The first-order valence-electron chi connectivity index (χ1n) is 5.51. The van der Waals surface area contributed by atoms with Gasteiger partial charge in [0.25, 0.3) is 5.91 Å². The zero-order valence-electron chi connectivity index (χ0n) is 10.9. The van der Waals surface area contributed by atoms with E-state index in [1.54, 1.807) is 0 Å². The Labute approximate surface area is 117 Å². The molecule has 1 rings (SSSR count). The molecule has 0 fully saturated rings. The minimum Gasteiger partial charge on any atom is -0.350 e. The van der Waals surface area contributed by atoms with E-state index >= 15 is 0 Å². The van der Waals surface area contributed by atoms with Gasteiger partial charge in [0, 0.05) is 18.3 Å². The summed E-state index contributed by atoms with van der Waals surface area (Å²) in [5.41, 5.74) is 0.276. The van der Waals surface area contributed by atoms with E-state index in [0.717, 1.165) is 0 Å². The fraction of sp³-hybridized carbons (Fsp3) is 0.500. The maximum absolute atomic E-state index is 11.9. The molecular formula is C12H17Cl2N3O. The molecule has 0 spiro atoms. The summed E-state index contributed by atoms with van der Waals surface area (Å²) in [5.74, 6) is -0.212. The van der Waals surface area contributed by atoms with E-state index in [1.807, 2.05) is 32.8 Å². The minimum atomic E-state index is -0.212. The molecule has 1 aromatic rings. The number of carbonyl (C=O) groups is 1. The molecule has 0 radical (unpaired) electrons. The summed E-state index contributed by atoms with van der Waals surface area (Å²) >= 11 is 11.5. The van der Waals surface area contributed by atoms with Crippen molar-refractivity contribution in [1.82, 2.24) is 15.2 Å². The van der Waals surface area contributed by atoms with Crippen LogP contribution in [0.5, 0.6) is 0 Å². The smallest absolute Gasteiger partial charge is 0.252 e. The molecule has 0 aromatic carbocycles. The van der Waals surface area contributed by atoms with Crippen molar-refractivity contribution in [3.8, 4) is 0 Å². The fourth-order valence-corrected chi connectivity index (χ4v) is 1.37. The van der Waals surface area contributed by atoms with Gasteiger partial charge in [0.05, 0.1) is 10.6 Å². The standard InChI is InChI=1S/C12H17Cl2N3O/c1-12(2,17(3)4)7-16-11(18)8-5-9(13)10(14)15-6-8/h5-6H,7H2,1-4H3,(H,16,18). The van der Waals surface area contributed by atoms with Crippen LogP contribution in [0.15, 0.2) is 12.3 Å². The highest BCUT2D eigenvalue weighted by Gasteiger charge is 2.21. The third-order valence-corrected chi connectivity index (χ3v) is 3.64. The maximum atomic E-state index is 11.9. The Morgan fingerprint density at radius 3 is 2.56 bits per heavy atom. The third kappa shape index (κ3) is 3.83. The molecule has 0 aliphatic carbocycles. The number of halogens is 2. The minimum absolute atomic E-state index is 0.126. The van der Waals surface area contributed by atoms with Crippen LogP contribution in [0.1, 0.15) is 24.2 Å². The molecule has 0 atom stereocenters. The zero-order valence-corrected chi connectivity index (χ0v) is 12.4. The Balaban J connectivity index is 2.69. The lowest BCUT2D eigenvalue weighted by Gasteiger charge is -2.32. The van der Waals surface area contributed by atoms with Gasteiger partial charge in [-0.15, -0.1) is 0 Å². The van der Waals surface area contributed by atoms with Gasteiger partial charge in [-0.25, -0.2) is 4.98 Å². The highest BCUT2D eigenvalue weighted by Crippen LogP contribution is 2.19. The largest absolute Gasteiger partial charge is 0.350 e. The molecule has 1 heterocycles. The summed E-state index contributed by atoms with van der Waals surface area (Å²) in [4.78, 5) is 17.8. The average molecular weight is 290 g/mol. The predicted octanol–water partition coefficient (Wildman–Crippen LogP) is 2.46. The van der Waals surface area contributed by atoms with Gasteiger partial charge in [-0.2, -0.15) is 0 Å². The van der Waals surface area contributed by atoms with Crippen molar-refractivity contribution in [3.63, 3.8) is 0 Å². The van der Waals surface area contributed by atoms with E-state index in [2.05, 4.69) is 10.3 Å². The number of amides is 1. The monoisotopic (exact) mass is 289 g/mol. The molecule has 0 saturated carbocycles. The second kappa shape index (κ2) is 5.87. The number of nitrogens with one attached hydrogen (secondary N) is 1. The lowest BCUT2D eigenvalue weighted by molar-refractivity contribution is 0.0919. The number of aromatic nitrogens is 1. The Morgan fingerprint density at radius 1 is 1.44 bits per heavy atom. The first-order chi connectivity index (χ1) is 8.24. The van der Waals surface area contributed by atoms with Gasteiger partial charge in [-0.05, 0) is 34.0 Å². The van der Waals surface area contributed by atoms with E-state index in [1.165, 1.54) is 12.3 Å². The summed E-state index contributed by atoms with van der Waals surface area (Å²) in [7, 11) is 3.93. The number of likely N-dealkylation sites (N-methyl/N-ethyl adjacent to an activating group) is 1. The summed E-state index contributed by atoms with van der Waals surface area (Å²) in [5, 5.41) is 3.32. The van der Waals surface area contributed by atoms with Crippen LogP contribution >= 0.6 is 23.2 Å². The molecule has 1 N–H and O–H groups in total. The molecular weight excluding hydrogens is 273 g/mol. The highest BCUT2D eigenvalue weighted by molar-refractivity contribution is 6.41. The van der Waals surface area contributed by atoms with Crippen molar-refractivity contribution in [2.75, 3.05) is 20.6 Å². The number of nitrogens with zero attached hydrogens (tertiary/aromatic N) is 2. The molecule has 0 saturated heterocycles. The molecule has 100 valence electrons. The Morgan fingerprint density at radius 2 is 2.06 bits per heavy atom. The molecule has 0 unspecified atom stereocenters. The van der Waals surface area contributed by atoms with Crippen molar-refractivity contribution in [3.05, 3.63) is 28.0 Å². The quantitative estimate of drug-likeness (QED) is 0.866. The second-order valence-corrected chi connectivity index (χ2v) is 5.65. The normalized spacial score (nSPS) is 11.7. The van der Waals surface area contributed by atoms with Crippen molar-refractivity contribution in [2.24, 2.45) is 0 Å². The molecule has 1 amide bonds. The fourth-order valence-electron chi connectivity index (χ4n) is 1.10. The Kier molecular flexibility index (Phi) is 4.96. The van der Waals surface area contributed by atoms with E-state index in [-0.39, 0.29) is 21.6 Å². The number of pyridine rings is 1. The number of hydrogen-bond donors (Lipinski definition) is 1. The van der Waals surface area contributed by atoms with Gasteiger partial charge in [0.2, 0.25) is 0 Å². The topological polar surface area (TPSA) is 45.2 Å². The van der Waals surface area contributed by atoms with Crippen LogP contribution < -0.4 is 5.32 Å². The Hall–Kier alpha value is -0.840. The van der Waals surface area contributed by atoms with Crippen LogP contribution in [-0.4, -0.2) is 42.0 Å². The molecule has 4 nitrogen and oxygen atoms in total. The lowest BCUT2D eigenvalue weighted by atomic mass is 10.0. The summed E-state index contributed by atoms with van der Waals surface area (Å²) < 4.78 is 0. The summed E-state index contributed by atoms with van der Waals surface area (Å²) in [6, 6.07) is 1.51. The summed E-state index contributed by atoms with van der Waals surface area (Å²) in [6.45, 7) is 4.61. The molecule has 0 aliphatic rings. The first-order valence-corrected chi connectivity index (χ1v) is 6.26. The van der Waals surface area contributed by atoms with Gasteiger partial charge < -0.3 is 10.2 Å². The van der Waals surface area contributed by atoms with E-state index in [9.17, 15) is 4.79 Å². The number of rotatable bonds is 4. The SMILES string of the molecule is CN(C)C(C)(C)CNC(=O)c1cnc(Cl)c(Cl)c1.